The largest absolute Gasteiger partial charge is 0.310 e. The number of pyridine rings is 2. The molecule has 94 valence electrons. The first-order valence-corrected chi connectivity index (χ1v) is 6.88. The van der Waals surface area contributed by atoms with Crippen molar-refractivity contribution in [2.75, 3.05) is 6.54 Å². The lowest BCUT2D eigenvalue weighted by molar-refractivity contribution is 0.595. The zero-order valence-corrected chi connectivity index (χ0v) is 11.4. The number of nitrogens with zero attached hydrogens (tertiary/aromatic N) is 2. The normalized spacial score (nSPS) is 12.3. The molecule has 4 heteroatoms. The molecule has 2 rings (SSSR count). The molecule has 2 heterocycles. The quantitative estimate of drug-likeness (QED) is 0.894. The van der Waals surface area contributed by atoms with Gasteiger partial charge >= 0.3 is 0 Å². The summed E-state index contributed by atoms with van der Waals surface area (Å²) in [5, 5.41) is 4.38. The van der Waals surface area contributed by atoms with Crippen LogP contribution in [0.1, 0.15) is 25.5 Å². The Morgan fingerprint density at radius 3 is 2.61 bits per heavy atom. The van der Waals surface area contributed by atoms with Gasteiger partial charge in [0, 0.05) is 29.5 Å². The molecule has 3 nitrogen and oxygen atoms in total. The van der Waals surface area contributed by atoms with Gasteiger partial charge in [-0.15, -0.1) is 0 Å². The highest BCUT2D eigenvalue weighted by molar-refractivity contribution is 7.99. The van der Waals surface area contributed by atoms with Crippen LogP contribution in [0.25, 0.3) is 0 Å². The van der Waals surface area contributed by atoms with Gasteiger partial charge in [0.05, 0.1) is 0 Å². The average Bonchev–Trinajstić information content (AvgIpc) is 2.41. The topological polar surface area (TPSA) is 37.8 Å². The summed E-state index contributed by atoms with van der Waals surface area (Å²) in [5.41, 5.74) is 1.22. The Morgan fingerprint density at radius 1 is 1.22 bits per heavy atom. The minimum absolute atomic E-state index is 0.350. The average molecular weight is 259 g/mol. The van der Waals surface area contributed by atoms with Crippen molar-refractivity contribution >= 4 is 11.8 Å². The van der Waals surface area contributed by atoms with Crippen LogP contribution in [0, 0.1) is 0 Å². The van der Waals surface area contributed by atoms with Gasteiger partial charge in [-0.3, -0.25) is 4.98 Å². The van der Waals surface area contributed by atoms with Crippen molar-refractivity contribution in [3.8, 4) is 0 Å². The van der Waals surface area contributed by atoms with Crippen molar-refractivity contribution in [2.24, 2.45) is 0 Å². The van der Waals surface area contributed by atoms with Gasteiger partial charge in [-0.2, -0.15) is 0 Å². The van der Waals surface area contributed by atoms with Gasteiger partial charge in [0.15, 0.2) is 0 Å². The van der Waals surface area contributed by atoms with Gasteiger partial charge in [-0.1, -0.05) is 24.8 Å². The highest BCUT2D eigenvalue weighted by Gasteiger charge is 2.04. The Kier molecular flexibility index (Phi) is 4.73. The molecule has 1 N–H and O–H groups in total. The predicted octanol–water partition coefficient (Wildman–Crippen LogP) is 3.30. The summed E-state index contributed by atoms with van der Waals surface area (Å²) in [6.07, 6.45) is 5.53. The number of hydrogen-bond donors (Lipinski definition) is 1. The van der Waals surface area contributed by atoms with E-state index in [2.05, 4.69) is 41.3 Å². The maximum Gasteiger partial charge on any atom is 0.101 e. The lowest BCUT2D eigenvalue weighted by Gasteiger charge is -2.12. The number of hydrogen-bond acceptors (Lipinski definition) is 4. The zero-order valence-electron chi connectivity index (χ0n) is 10.6. The van der Waals surface area contributed by atoms with Crippen LogP contribution in [0.15, 0.2) is 52.8 Å². The van der Waals surface area contributed by atoms with Crippen LogP contribution in [0.2, 0.25) is 0 Å². The van der Waals surface area contributed by atoms with Gasteiger partial charge < -0.3 is 5.32 Å². The standard InChI is InChI=1S/C14H17N3S/c1-3-16-11(2)12-4-5-14(17-10-12)18-13-6-8-15-9-7-13/h4-11,16H,3H2,1-2H3. The zero-order chi connectivity index (χ0) is 12.8. The Balaban J connectivity index is 2.04. The molecule has 0 saturated carbocycles. The fourth-order valence-corrected chi connectivity index (χ4v) is 2.40. The summed E-state index contributed by atoms with van der Waals surface area (Å²) in [7, 11) is 0. The van der Waals surface area contributed by atoms with Crippen LogP contribution >= 0.6 is 11.8 Å². The van der Waals surface area contributed by atoms with Gasteiger partial charge in [-0.05, 0) is 37.2 Å². The fourth-order valence-electron chi connectivity index (χ4n) is 1.66. The molecule has 1 atom stereocenters. The second-order valence-corrected chi connectivity index (χ2v) is 5.09. The van der Waals surface area contributed by atoms with E-state index in [0.717, 1.165) is 16.5 Å². The van der Waals surface area contributed by atoms with Crippen LogP contribution in [-0.2, 0) is 0 Å². The third-order valence-electron chi connectivity index (χ3n) is 2.64. The first-order valence-electron chi connectivity index (χ1n) is 6.07. The van der Waals surface area contributed by atoms with E-state index in [-0.39, 0.29) is 0 Å². The summed E-state index contributed by atoms with van der Waals surface area (Å²) in [6.45, 7) is 5.22. The molecule has 0 saturated heterocycles. The molecular formula is C14H17N3S. The number of rotatable bonds is 5. The Bertz CT molecular complexity index is 470. The summed E-state index contributed by atoms with van der Waals surface area (Å²) in [4.78, 5) is 9.64. The first kappa shape index (κ1) is 13.1. The fraction of sp³-hybridized carbons (Fsp3) is 0.286. The highest BCUT2D eigenvalue weighted by Crippen LogP contribution is 2.25. The van der Waals surface area contributed by atoms with Crippen molar-refractivity contribution in [2.45, 2.75) is 29.8 Å². The SMILES string of the molecule is CCNC(C)c1ccc(Sc2ccncc2)nc1. The predicted molar refractivity (Wildman–Crippen MR) is 74.7 cm³/mol. The van der Waals surface area contributed by atoms with E-state index in [1.807, 2.05) is 18.3 Å². The van der Waals surface area contributed by atoms with Crippen LogP contribution < -0.4 is 5.32 Å². The Hall–Kier alpha value is -1.39. The highest BCUT2D eigenvalue weighted by atomic mass is 32.2. The molecule has 18 heavy (non-hydrogen) atoms. The molecule has 0 radical (unpaired) electrons. The molecule has 0 aromatic carbocycles. The Labute approximate surface area is 112 Å². The minimum Gasteiger partial charge on any atom is -0.310 e. The lowest BCUT2D eigenvalue weighted by atomic mass is 10.1. The van der Waals surface area contributed by atoms with Crippen molar-refractivity contribution in [1.82, 2.24) is 15.3 Å². The molecule has 0 aliphatic carbocycles. The number of aromatic nitrogens is 2. The summed E-state index contributed by atoms with van der Waals surface area (Å²) >= 11 is 1.65. The Morgan fingerprint density at radius 2 is 2.00 bits per heavy atom. The number of nitrogens with one attached hydrogen (secondary N) is 1. The van der Waals surface area contributed by atoms with Crippen molar-refractivity contribution < 1.29 is 0 Å². The van der Waals surface area contributed by atoms with Crippen molar-refractivity contribution in [1.29, 1.82) is 0 Å². The van der Waals surface area contributed by atoms with E-state index in [1.165, 1.54) is 5.56 Å². The maximum absolute atomic E-state index is 4.48. The van der Waals surface area contributed by atoms with Gasteiger partial charge in [0.1, 0.15) is 5.03 Å². The van der Waals surface area contributed by atoms with E-state index in [9.17, 15) is 0 Å². The summed E-state index contributed by atoms with van der Waals surface area (Å²) in [6, 6.07) is 8.52. The second kappa shape index (κ2) is 6.52. The molecule has 0 aliphatic heterocycles. The summed E-state index contributed by atoms with van der Waals surface area (Å²) < 4.78 is 0. The molecule has 0 spiro atoms. The van der Waals surface area contributed by atoms with Crippen LogP contribution in [0.5, 0.6) is 0 Å². The smallest absolute Gasteiger partial charge is 0.101 e. The monoisotopic (exact) mass is 259 g/mol. The first-order chi connectivity index (χ1) is 8.79. The van der Waals surface area contributed by atoms with Crippen molar-refractivity contribution in [3.63, 3.8) is 0 Å². The van der Waals surface area contributed by atoms with E-state index in [0.29, 0.717) is 6.04 Å². The maximum atomic E-state index is 4.48. The van der Waals surface area contributed by atoms with E-state index < -0.39 is 0 Å². The van der Waals surface area contributed by atoms with Gasteiger partial charge in [0.2, 0.25) is 0 Å². The van der Waals surface area contributed by atoms with Crippen LogP contribution in [-0.4, -0.2) is 16.5 Å². The van der Waals surface area contributed by atoms with Crippen LogP contribution in [0.4, 0.5) is 0 Å². The molecule has 2 aromatic rings. The minimum atomic E-state index is 0.350. The molecule has 0 fully saturated rings. The van der Waals surface area contributed by atoms with Gasteiger partial charge in [0.25, 0.3) is 0 Å². The molecule has 1 unspecified atom stereocenters. The molecule has 0 aliphatic rings. The van der Waals surface area contributed by atoms with Gasteiger partial charge in [-0.25, -0.2) is 4.98 Å². The third-order valence-corrected chi connectivity index (χ3v) is 3.60. The van der Waals surface area contributed by atoms with E-state index >= 15 is 0 Å². The third kappa shape index (κ3) is 3.55. The molecular weight excluding hydrogens is 242 g/mol. The second-order valence-electron chi connectivity index (χ2n) is 3.99. The van der Waals surface area contributed by atoms with Crippen LogP contribution in [0.3, 0.4) is 0 Å². The molecule has 2 aromatic heterocycles. The molecule has 0 amide bonds. The summed E-state index contributed by atoms with van der Waals surface area (Å²) in [5.74, 6) is 0. The lowest BCUT2D eigenvalue weighted by Crippen LogP contribution is -2.17. The van der Waals surface area contributed by atoms with E-state index in [1.54, 1.807) is 24.2 Å². The van der Waals surface area contributed by atoms with Crippen molar-refractivity contribution in [3.05, 3.63) is 48.4 Å². The van der Waals surface area contributed by atoms with E-state index in [4.69, 9.17) is 0 Å². The molecule has 0 bridgehead atoms.